The minimum Gasteiger partial charge on any atom is -0.485 e. The van der Waals surface area contributed by atoms with E-state index >= 15 is 0 Å². The molecular formula is C13H15N3O6S. The molecular weight excluding hydrogens is 326 g/mol. The van der Waals surface area contributed by atoms with Crippen molar-refractivity contribution in [3.8, 4) is 11.5 Å². The number of ether oxygens (including phenoxy) is 2. The molecule has 0 saturated carbocycles. The fourth-order valence-electron chi connectivity index (χ4n) is 2.35. The number of aromatic nitrogens is 3. The van der Waals surface area contributed by atoms with E-state index in [4.69, 9.17) is 13.7 Å². The Bertz CT molecular complexity index is 845. The first kappa shape index (κ1) is 15.7. The first-order valence-corrected chi connectivity index (χ1v) is 8.76. The van der Waals surface area contributed by atoms with Gasteiger partial charge >= 0.3 is 0 Å². The third-order valence-electron chi connectivity index (χ3n) is 3.25. The van der Waals surface area contributed by atoms with Crippen LogP contribution in [0.4, 0.5) is 0 Å². The Kier molecular flexibility index (Phi) is 4.18. The predicted molar refractivity (Wildman–Crippen MR) is 79.3 cm³/mol. The predicted octanol–water partition coefficient (Wildman–Crippen LogP) is 0.381. The van der Waals surface area contributed by atoms with Crippen LogP contribution in [0.3, 0.4) is 0 Å². The molecule has 124 valence electrons. The monoisotopic (exact) mass is 341 g/mol. The molecule has 0 bridgehead atoms. The number of hydrogen-bond donors (Lipinski definition) is 0. The van der Waals surface area contributed by atoms with Crippen molar-refractivity contribution in [2.24, 2.45) is 0 Å². The number of aryl methyl sites for hydroxylation is 1. The van der Waals surface area contributed by atoms with Crippen LogP contribution >= 0.6 is 0 Å². The molecule has 23 heavy (non-hydrogen) atoms. The average Bonchev–Trinajstić information content (AvgIpc) is 2.93. The number of rotatable bonds is 6. The van der Waals surface area contributed by atoms with Gasteiger partial charge in [0.2, 0.25) is 0 Å². The molecule has 0 N–H and O–H groups in total. The molecule has 9 nitrogen and oxygen atoms in total. The van der Waals surface area contributed by atoms with E-state index in [-0.39, 0.29) is 6.61 Å². The highest BCUT2D eigenvalue weighted by atomic mass is 32.2. The summed E-state index contributed by atoms with van der Waals surface area (Å²) in [5.74, 6) is 0.819. The molecule has 0 radical (unpaired) electrons. The van der Waals surface area contributed by atoms with Crippen LogP contribution < -0.4 is 9.47 Å². The van der Waals surface area contributed by atoms with Crippen LogP contribution in [0.25, 0.3) is 11.0 Å². The van der Waals surface area contributed by atoms with Crippen molar-refractivity contribution >= 4 is 27.4 Å². The lowest BCUT2D eigenvalue weighted by Crippen LogP contribution is -2.18. The summed E-state index contributed by atoms with van der Waals surface area (Å²) in [6, 6.07) is 1.59. The lowest BCUT2D eigenvalue weighted by Gasteiger charge is -2.20. The molecule has 0 atom stereocenters. The number of nitrogens with zero attached hydrogens (tertiary/aromatic N) is 3. The molecule has 0 aliphatic carbocycles. The van der Waals surface area contributed by atoms with Gasteiger partial charge in [0.15, 0.2) is 17.8 Å². The van der Waals surface area contributed by atoms with E-state index < -0.39 is 10.1 Å². The highest BCUT2D eigenvalue weighted by molar-refractivity contribution is 7.85. The fraction of sp³-hybridized carbons (Fsp3) is 0.462. The van der Waals surface area contributed by atoms with Crippen LogP contribution in [0.2, 0.25) is 0 Å². The van der Waals surface area contributed by atoms with Gasteiger partial charge in [-0.25, -0.2) is 4.68 Å². The largest absolute Gasteiger partial charge is 0.485 e. The maximum Gasteiger partial charge on any atom is 0.264 e. The van der Waals surface area contributed by atoms with Crippen molar-refractivity contribution in [1.82, 2.24) is 15.0 Å². The maximum absolute atomic E-state index is 11.2. The molecule has 1 aliphatic heterocycles. The summed E-state index contributed by atoms with van der Waals surface area (Å²) in [6.45, 7) is 1.17. The zero-order valence-corrected chi connectivity index (χ0v) is 13.2. The molecule has 3 rings (SSSR count). The number of benzene rings is 1. The van der Waals surface area contributed by atoms with Crippen LogP contribution in [0.5, 0.6) is 11.5 Å². The van der Waals surface area contributed by atoms with E-state index in [1.54, 1.807) is 10.7 Å². The number of aldehydes is 1. The summed E-state index contributed by atoms with van der Waals surface area (Å²) in [6.07, 6.45) is 2.11. The molecule has 0 fully saturated rings. The SMILES string of the molecule is CS(=O)(=O)OCCCn1nnc2cc(C=O)c3c(c21)OCCO3. The highest BCUT2D eigenvalue weighted by Gasteiger charge is 2.23. The Morgan fingerprint density at radius 1 is 1.35 bits per heavy atom. The van der Waals surface area contributed by atoms with Crippen molar-refractivity contribution in [1.29, 1.82) is 0 Å². The zero-order chi connectivity index (χ0) is 16.4. The Morgan fingerprint density at radius 3 is 2.78 bits per heavy atom. The van der Waals surface area contributed by atoms with Gasteiger partial charge in [0.25, 0.3) is 10.1 Å². The van der Waals surface area contributed by atoms with Gasteiger partial charge in [-0.2, -0.15) is 8.42 Å². The number of hydrogen-bond acceptors (Lipinski definition) is 8. The summed E-state index contributed by atoms with van der Waals surface area (Å²) in [7, 11) is -3.46. The van der Waals surface area contributed by atoms with E-state index in [0.717, 1.165) is 6.26 Å². The Labute approximate surface area is 132 Å². The van der Waals surface area contributed by atoms with Gasteiger partial charge in [-0.3, -0.25) is 8.98 Å². The third kappa shape index (κ3) is 3.27. The minimum absolute atomic E-state index is 0.0478. The molecule has 0 saturated heterocycles. The molecule has 0 unspecified atom stereocenters. The van der Waals surface area contributed by atoms with E-state index in [9.17, 15) is 13.2 Å². The Morgan fingerprint density at radius 2 is 2.09 bits per heavy atom. The van der Waals surface area contributed by atoms with Crippen LogP contribution in [-0.4, -0.2) is 55.8 Å². The number of carbonyl (C=O) groups excluding carboxylic acids is 1. The van der Waals surface area contributed by atoms with E-state index in [0.29, 0.717) is 60.6 Å². The van der Waals surface area contributed by atoms with Crippen molar-refractivity contribution < 1.29 is 26.9 Å². The highest BCUT2D eigenvalue weighted by Crippen LogP contribution is 2.39. The molecule has 2 heterocycles. The smallest absolute Gasteiger partial charge is 0.264 e. The number of carbonyl (C=O) groups is 1. The molecule has 1 aromatic carbocycles. The molecule has 10 heteroatoms. The third-order valence-corrected chi connectivity index (χ3v) is 3.85. The van der Waals surface area contributed by atoms with Crippen molar-refractivity contribution in [3.63, 3.8) is 0 Å². The summed E-state index contributed by atoms with van der Waals surface area (Å²) < 4.78 is 39.3. The topological polar surface area (TPSA) is 110 Å². The average molecular weight is 341 g/mol. The van der Waals surface area contributed by atoms with Crippen molar-refractivity contribution in [2.75, 3.05) is 26.1 Å². The second-order valence-corrected chi connectivity index (χ2v) is 6.64. The molecule has 0 amide bonds. The quantitative estimate of drug-likeness (QED) is 0.421. The van der Waals surface area contributed by atoms with E-state index in [1.807, 2.05) is 0 Å². The van der Waals surface area contributed by atoms with E-state index in [1.165, 1.54) is 0 Å². The van der Waals surface area contributed by atoms with Gasteiger partial charge in [-0.05, 0) is 12.5 Å². The van der Waals surface area contributed by atoms with Gasteiger partial charge in [0, 0.05) is 6.54 Å². The first-order valence-electron chi connectivity index (χ1n) is 6.95. The molecule has 2 aromatic rings. The second kappa shape index (κ2) is 6.13. The second-order valence-electron chi connectivity index (χ2n) is 5.00. The lowest BCUT2D eigenvalue weighted by atomic mass is 10.1. The van der Waals surface area contributed by atoms with Crippen molar-refractivity contribution in [2.45, 2.75) is 13.0 Å². The number of fused-ring (bicyclic) bond motifs is 3. The molecule has 0 spiro atoms. The van der Waals surface area contributed by atoms with Crippen LogP contribution in [0.1, 0.15) is 16.8 Å². The normalized spacial score (nSPS) is 14.1. The minimum atomic E-state index is -3.46. The van der Waals surface area contributed by atoms with Gasteiger partial charge in [0.05, 0.1) is 18.4 Å². The van der Waals surface area contributed by atoms with Crippen LogP contribution in [-0.2, 0) is 20.8 Å². The summed E-state index contributed by atoms with van der Waals surface area (Å²) >= 11 is 0. The summed E-state index contributed by atoms with van der Waals surface area (Å²) in [4.78, 5) is 11.2. The zero-order valence-electron chi connectivity index (χ0n) is 12.4. The van der Waals surface area contributed by atoms with Crippen LogP contribution in [0, 0.1) is 0 Å². The summed E-state index contributed by atoms with van der Waals surface area (Å²) in [5.41, 5.74) is 1.49. The first-order chi connectivity index (χ1) is 11.0. The standard InChI is InChI=1S/C13H15N3O6S/c1-23(18,19)22-4-2-3-16-11-10(14-15-16)7-9(8-17)12-13(11)21-6-5-20-12/h7-8H,2-6H2,1H3. The van der Waals surface area contributed by atoms with Gasteiger partial charge in [-0.15, -0.1) is 5.10 Å². The summed E-state index contributed by atoms with van der Waals surface area (Å²) in [5, 5.41) is 8.05. The maximum atomic E-state index is 11.2. The van der Waals surface area contributed by atoms with Crippen LogP contribution in [0.15, 0.2) is 6.07 Å². The van der Waals surface area contributed by atoms with Gasteiger partial charge in [-0.1, -0.05) is 5.21 Å². The van der Waals surface area contributed by atoms with Gasteiger partial charge < -0.3 is 9.47 Å². The molecule has 1 aromatic heterocycles. The van der Waals surface area contributed by atoms with E-state index in [2.05, 4.69) is 10.3 Å². The fourth-order valence-corrected chi connectivity index (χ4v) is 2.77. The van der Waals surface area contributed by atoms with Gasteiger partial charge in [0.1, 0.15) is 24.2 Å². The Balaban J connectivity index is 1.89. The molecule has 1 aliphatic rings. The Hall–Kier alpha value is -2.20. The van der Waals surface area contributed by atoms with Crippen molar-refractivity contribution in [3.05, 3.63) is 11.6 Å². The lowest BCUT2D eigenvalue weighted by molar-refractivity contribution is 0.111.